The topological polar surface area (TPSA) is 80.4 Å². The van der Waals surface area contributed by atoms with Gasteiger partial charge in [0.15, 0.2) is 0 Å². The molecule has 8 heteroatoms. The minimum atomic E-state index is -0.715. The molecular weight excluding hydrogens is 305 g/mol. The molecular formula is C12H15Cl2N3O3. The van der Waals surface area contributed by atoms with Gasteiger partial charge in [-0.2, -0.15) is 0 Å². The molecule has 110 valence electrons. The lowest BCUT2D eigenvalue weighted by Crippen LogP contribution is -2.23. The largest absolute Gasteiger partial charge is 0.396 e. The SMILES string of the molecule is OCCCOCC(O)Cn1nnc2cc(Cl)c(Cl)cc21. The number of hydrogen-bond acceptors (Lipinski definition) is 5. The highest BCUT2D eigenvalue weighted by Crippen LogP contribution is 2.26. The molecule has 0 aliphatic heterocycles. The van der Waals surface area contributed by atoms with Crippen molar-refractivity contribution >= 4 is 34.2 Å². The van der Waals surface area contributed by atoms with Crippen LogP contribution in [0.1, 0.15) is 6.42 Å². The zero-order valence-electron chi connectivity index (χ0n) is 10.7. The second-order valence-corrected chi connectivity index (χ2v) is 5.15. The van der Waals surface area contributed by atoms with Gasteiger partial charge in [0.05, 0.1) is 34.8 Å². The van der Waals surface area contributed by atoms with Crippen LogP contribution in [0.25, 0.3) is 11.0 Å². The number of aliphatic hydroxyl groups is 2. The molecule has 1 aromatic heterocycles. The monoisotopic (exact) mass is 319 g/mol. The van der Waals surface area contributed by atoms with Crippen molar-refractivity contribution in [3.8, 4) is 0 Å². The van der Waals surface area contributed by atoms with E-state index in [0.29, 0.717) is 34.1 Å². The molecule has 0 radical (unpaired) electrons. The molecule has 0 aliphatic carbocycles. The average molecular weight is 320 g/mol. The van der Waals surface area contributed by atoms with E-state index in [1.54, 1.807) is 16.8 Å². The highest BCUT2D eigenvalue weighted by molar-refractivity contribution is 6.42. The van der Waals surface area contributed by atoms with Crippen LogP contribution in [0.2, 0.25) is 10.0 Å². The second kappa shape index (κ2) is 7.19. The zero-order chi connectivity index (χ0) is 14.5. The van der Waals surface area contributed by atoms with E-state index in [2.05, 4.69) is 10.3 Å². The van der Waals surface area contributed by atoms with E-state index >= 15 is 0 Å². The van der Waals surface area contributed by atoms with Crippen molar-refractivity contribution in [2.45, 2.75) is 19.1 Å². The van der Waals surface area contributed by atoms with Crippen LogP contribution in [-0.4, -0.2) is 51.1 Å². The van der Waals surface area contributed by atoms with Crippen LogP contribution in [0.4, 0.5) is 0 Å². The Bertz CT molecular complexity index is 576. The first-order valence-electron chi connectivity index (χ1n) is 6.16. The predicted octanol–water partition coefficient (Wildman–Crippen LogP) is 1.50. The molecule has 0 saturated heterocycles. The Balaban J connectivity index is 2.00. The van der Waals surface area contributed by atoms with Gasteiger partial charge in [-0.3, -0.25) is 0 Å². The predicted molar refractivity (Wildman–Crippen MR) is 76.1 cm³/mol. The zero-order valence-corrected chi connectivity index (χ0v) is 12.2. The first-order chi connectivity index (χ1) is 9.61. The third-order valence-electron chi connectivity index (χ3n) is 2.70. The summed E-state index contributed by atoms with van der Waals surface area (Å²) in [5, 5.41) is 27.2. The van der Waals surface area contributed by atoms with Crippen molar-refractivity contribution < 1.29 is 14.9 Å². The molecule has 6 nitrogen and oxygen atoms in total. The van der Waals surface area contributed by atoms with E-state index < -0.39 is 6.10 Å². The van der Waals surface area contributed by atoms with Crippen LogP contribution >= 0.6 is 23.2 Å². The van der Waals surface area contributed by atoms with E-state index in [1.807, 2.05) is 0 Å². The fourth-order valence-electron chi connectivity index (χ4n) is 1.74. The van der Waals surface area contributed by atoms with E-state index in [1.165, 1.54) is 0 Å². The van der Waals surface area contributed by atoms with Crippen molar-refractivity contribution in [1.29, 1.82) is 0 Å². The quantitative estimate of drug-likeness (QED) is 0.756. The molecule has 0 amide bonds. The minimum Gasteiger partial charge on any atom is -0.396 e. The first kappa shape index (κ1) is 15.5. The van der Waals surface area contributed by atoms with E-state index in [9.17, 15) is 5.11 Å². The number of nitrogens with zero attached hydrogens (tertiary/aromatic N) is 3. The number of halogens is 2. The van der Waals surface area contributed by atoms with Crippen LogP contribution in [-0.2, 0) is 11.3 Å². The van der Waals surface area contributed by atoms with Crippen LogP contribution in [0.3, 0.4) is 0 Å². The first-order valence-corrected chi connectivity index (χ1v) is 6.92. The molecule has 2 N–H and O–H groups in total. The molecule has 2 aromatic rings. The molecule has 0 aliphatic rings. The highest BCUT2D eigenvalue weighted by Gasteiger charge is 2.12. The van der Waals surface area contributed by atoms with Gasteiger partial charge in [-0.05, 0) is 18.6 Å². The Morgan fingerprint density at radius 1 is 1.30 bits per heavy atom. The summed E-state index contributed by atoms with van der Waals surface area (Å²) >= 11 is 11.9. The lowest BCUT2D eigenvalue weighted by atomic mass is 10.3. The van der Waals surface area contributed by atoms with Crippen LogP contribution in [0.5, 0.6) is 0 Å². The van der Waals surface area contributed by atoms with Crippen molar-refractivity contribution in [3.05, 3.63) is 22.2 Å². The second-order valence-electron chi connectivity index (χ2n) is 4.33. The molecule has 1 atom stereocenters. The Morgan fingerprint density at radius 2 is 2.05 bits per heavy atom. The molecule has 0 spiro atoms. The van der Waals surface area contributed by atoms with Gasteiger partial charge in [-0.15, -0.1) is 5.10 Å². The maximum Gasteiger partial charge on any atom is 0.114 e. The maximum atomic E-state index is 9.87. The summed E-state index contributed by atoms with van der Waals surface area (Å²) < 4.78 is 6.77. The van der Waals surface area contributed by atoms with Gasteiger partial charge in [0.25, 0.3) is 0 Å². The number of rotatable bonds is 7. The van der Waals surface area contributed by atoms with Crippen molar-refractivity contribution in [3.63, 3.8) is 0 Å². The molecule has 1 heterocycles. The van der Waals surface area contributed by atoms with Crippen molar-refractivity contribution in [2.75, 3.05) is 19.8 Å². The molecule has 0 bridgehead atoms. The molecule has 1 unspecified atom stereocenters. The van der Waals surface area contributed by atoms with Gasteiger partial charge in [0.1, 0.15) is 5.52 Å². The Morgan fingerprint density at radius 3 is 2.80 bits per heavy atom. The number of aliphatic hydroxyl groups excluding tert-OH is 2. The van der Waals surface area contributed by atoms with Crippen LogP contribution < -0.4 is 0 Å². The van der Waals surface area contributed by atoms with Gasteiger partial charge in [0.2, 0.25) is 0 Å². The third-order valence-corrected chi connectivity index (χ3v) is 3.42. The minimum absolute atomic E-state index is 0.0725. The smallest absolute Gasteiger partial charge is 0.114 e. The van der Waals surface area contributed by atoms with Crippen LogP contribution in [0.15, 0.2) is 12.1 Å². The summed E-state index contributed by atoms with van der Waals surface area (Å²) in [4.78, 5) is 0. The van der Waals surface area contributed by atoms with Gasteiger partial charge in [-0.1, -0.05) is 28.4 Å². The lowest BCUT2D eigenvalue weighted by Gasteiger charge is -2.11. The fourth-order valence-corrected chi connectivity index (χ4v) is 2.05. The number of hydrogen-bond donors (Lipinski definition) is 2. The Hall–Kier alpha value is -0.920. The number of fused-ring (bicyclic) bond motifs is 1. The number of aromatic nitrogens is 3. The van der Waals surface area contributed by atoms with Gasteiger partial charge < -0.3 is 14.9 Å². The number of benzene rings is 1. The van der Waals surface area contributed by atoms with Gasteiger partial charge in [-0.25, -0.2) is 4.68 Å². The number of ether oxygens (including phenoxy) is 1. The molecule has 0 saturated carbocycles. The van der Waals surface area contributed by atoms with Crippen molar-refractivity contribution in [1.82, 2.24) is 15.0 Å². The fraction of sp³-hybridized carbons (Fsp3) is 0.500. The third kappa shape index (κ3) is 3.80. The maximum absolute atomic E-state index is 9.87. The Kier molecular flexibility index (Phi) is 5.56. The van der Waals surface area contributed by atoms with Gasteiger partial charge >= 0.3 is 0 Å². The highest BCUT2D eigenvalue weighted by atomic mass is 35.5. The summed E-state index contributed by atoms with van der Waals surface area (Å²) in [5.41, 5.74) is 1.32. The summed E-state index contributed by atoms with van der Waals surface area (Å²) in [5.74, 6) is 0. The molecule has 0 fully saturated rings. The Labute approximate surface area is 125 Å². The molecule has 20 heavy (non-hydrogen) atoms. The standard InChI is InChI=1S/C12H15Cl2N3O3/c13-9-4-11-12(5-10(9)14)17(16-15-11)6-8(19)7-20-3-1-2-18/h4-5,8,18-19H,1-3,6-7H2. The average Bonchev–Trinajstić information content (AvgIpc) is 2.78. The van der Waals surface area contributed by atoms with Crippen LogP contribution in [0, 0.1) is 0 Å². The van der Waals surface area contributed by atoms with E-state index in [-0.39, 0.29) is 19.8 Å². The summed E-state index contributed by atoms with van der Waals surface area (Å²) in [6.07, 6.45) is -0.166. The van der Waals surface area contributed by atoms with Crippen molar-refractivity contribution in [2.24, 2.45) is 0 Å². The van der Waals surface area contributed by atoms with E-state index in [0.717, 1.165) is 0 Å². The summed E-state index contributed by atoms with van der Waals surface area (Å²) in [6, 6.07) is 3.30. The van der Waals surface area contributed by atoms with Gasteiger partial charge in [0, 0.05) is 13.2 Å². The molecule has 2 rings (SSSR count). The normalized spacial score (nSPS) is 13.0. The lowest BCUT2D eigenvalue weighted by molar-refractivity contribution is 0.0220. The molecule has 1 aromatic carbocycles. The summed E-state index contributed by atoms with van der Waals surface area (Å²) in [6.45, 7) is 0.895. The van der Waals surface area contributed by atoms with E-state index in [4.69, 9.17) is 33.0 Å². The summed E-state index contributed by atoms with van der Waals surface area (Å²) in [7, 11) is 0.